The van der Waals surface area contributed by atoms with E-state index in [0.29, 0.717) is 5.69 Å². The van der Waals surface area contributed by atoms with Crippen molar-refractivity contribution >= 4 is 33.2 Å². The molecule has 8 heteroatoms. The first-order chi connectivity index (χ1) is 11.9. The van der Waals surface area contributed by atoms with E-state index >= 15 is 0 Å². The molecule has 0 unspecified atom stereocenters. The molecule has 0 aliphatic heterocycles. The molecule has 2 N–H and O–H groups in total. The zero-order chi connectivity index (χ0) is 18.4. The molecule has 1 amide bonds. The highest BCUT2D eigenvalue weighted by Gasteiger charge is 2.21. The van der Waals surface area contributed by atoms with Gasteiger partial charge in [0, 0.05) is 10.7 Å². The van der Waals surface area contributed by atoms with Crippen LogP contribution in [-0.4, -0.2) is 28.0 Å². The van der Waals surface area contributed by atoms with Crippen LogP contribution in [-0.2, 0) is 21.2 Å². The van der Waals surface area contributed by atoms with E-state index in [1.54, 1.807) is 12.1 Å². The second kappa shape index (κ2) is 8.33. The lowest BCUT2D eigenvalue weighted by molar-refractivity contribution is -0.115. The van der Waals surface area contributed by atoms with Crippen LogP contribution in [0.5, 0.6) is 5.75 Å². The van der Waals surface area contributed by atoms with Gasteiger partial charge >= 0.3 is 0 Å². The van der Waals surface area contributed by atoms with Crippen LogP contribution in [0.2, 0.25) is 5.02 Å². The quantitative estimate of drug-likeness (QED) is 0.771. The van der Waals surface area contributed by atoms with Gasteiger partial charge in [0.15, 0.2) is 0 Å². The van der Waals surface area contributed by atoms with Gasteiger partial charge in [-0.1, -0.05) is 30.7 Å². The number of aryl methyl sites for hydroxylation is 1. The molecule has 0 radical (unpaired) electrons. The molecule has 0 bridgehead atoms. The van der Waals surface area contributed by atoms with E-state index in [1.807, 2.05) is 19.1 Å². The summed E-state index contributed by atoms with van der Waals surface area (Å²) < 4.78 is 32.0. The van der Waals surface area contributed by atoms with Crippen molar-refractivity contribution in [3.05, 3.63) is 53.1 Å². The van der Waals surface area contributed by atoms with E-state index in [-0.39, 0.29) is 15.7 Å². The Kier molecular flexibility index (Phi) is 6.41. The minimum atomic E-state index is -3.94. The number of methoxy groups -OCH3 is 1. The second-order valence-corrected chi connectivity index (χ2v) is 7.39. The molecule has 2 aromatic carbocycles. The Morgan fingerprint density at radius 3 is 2.44 bits per heavy atom. The monoisotopic (exact) mass is 382 g/mol. The predicted octanol–water partition coefficient (Wildman–Crippen LogP) is 2.83. The number of carbonyl (C=O) groups is 1. The number of rotatable bonds is 7. The Morgan fingerprint density at radius 1 is 1.16 bits per heavy atom. The lowest BCUT2D eigenvalue weighted by atomic mass is 10.1. The second-order valence-electron chi connectivity index (χ2n) is 5.22. The minimum Gasteiger partial charge on any atom is -0.495 e. The smallest absolute Gasteiger partial charge is 0.244 e. The van der Waals surface area contributed by atoms with Crippen LogP contribution >= 0.6 is 11.6 Å². The third-order valence-electron chi connectivity index (χ3n) is 3.48. The summed E-state index contributed by atoms with van der Waals surface area (Å²) in [6.07, 6.45) is 0.898. The Hall–Kier alpha value is -2.09. The Balaban J connectivity index is 2.03. The van der Waals surface area contributed by atoms with Crippen molar-refractivity contribution in [1.82, 2.24) is 4.72 Å². The molecule has 25 heavy (non-hydrogen) atoms. The van der Waals surface area contributed by atoms with Gasteiger partial charge in [0.05, 0.1) is 13.7 Å². The molecule has 0 saturated carbocycles. The topological polar surface area (TPSA) is 84.5 Å². The molecular weight excluding hydrogens is 364 g/mol. The number of hydrogen-bond acceptors (Lipinski definition) is 4. The number of anilines is 1. The molecule has 0 aromatic heterocycles. The number of ether oxygens (including phenoxy) is 1. The van der Waals surface area contributed by atoms with Crippen LogP contribution in [0.25, 0.3) is 0 Å². The van der Waals surface area contributed by atoms with Crippen molar-refractivity contribution in [2.75, 3.05) is 19.0 Å². The third-order valence-corrected chi connectivity index (χ3v) is 5.14. The number of nitrogens with one attached hydrogen (secondary N) is 2. The normalized spacial score (nSPS) is 11.2. The minimum absolute atomic E-state index is 0.123. The number of amides is 1. The number of halogens is 1. The summed E-state index contributed by atoms with van der Waals surface area (Å²) >= 11 is 5.85. The van der Waals surface area contributed by atoms with Crippen LogP contribution in [0.3, 0.4) is 0 Å². The summed E-state index contributed by atoms with van der Waals surface area (Å²) in [7, 11) is -2.59. The van der Waals surface area contributed by atoms with Gasteiger partial charge in [0.1, 0.15) is 10.6 Å². The summed E-state index contributed by atoms with van der Waals surface area (Å²) in [5.74, 6) is -0.332. The van der Waals surface area contributed by atoms with E-state index in [0.717, 1.165) is 12.0 Å². The fourth-order valence-corrected chi connectivity index (χ4v) is 3.54. The first-order valence-corrected chi connectivity index (χ1v) is 9.44. The van der Waals surface area contributed by atoms with E-state index in [1.165, 1.54) is 25.3 Å². The standard InChI is InChI=1S/C17H19ClN2O4S/c1-3-12-4-7-14(8-5-12)20-17(21)11-19-25(22,23)16-10-13(18)6-9-15(16)24-2/h4-10,19H,3,11H2,1-2H3,(H,20,21). The zero-order valence-corrected chi connectivity index (χ0v) is 15.4. The van der Waals surface area contributed by atoms with Crippen molar-refractivity contribution < 1.29 is 17.9 Å². The van der Waals surface area contributed by atoms with Crippen molar-refractivity contribution in [3.8, 4) is 5.75 Å². The summed E-state index contributed by atoms with van der Waals surface area (Å²) in [5, 5.41) is 2.89. The molecule has 0 atom stereocenters. The highest BCUT2D eigenvalue weighted by Crippen LogP contribution is 2.26. The number of carbonyl (C=O) groups excluding carboxylic acids is 1. The summed E-state index contributed by atoms with van der Waals surface area (Å²) in [6.45, 7) is 1.63. The lowest BCUT2D eigenvalue weighted by Gasteiger charge is -2.11. The Labute approximate surface area is 152 Å². The first kappa shape index (κ1) is 19.2. The Morgan fingerprint density at radius 2 is 1.84 bits per heavy atom. The molecule has 0 aliphatic carbocycles. The molecule has 0 fully saturated rings. The first-order valence-electron chi connectivity index (χ1n) is 7.57. The summed E-state index contributed by atoms with van der Waals surface area (Å²) in [4.78, 5) is 11.8. The largest absolute Gasteiger partial charge is 0.495 e. The van der Waals surface area contributed by atoms with Crippen LogP contribution in [0.4, 0.5) is 5.69 Å². The lowest BCUT2D eigenvalue weighted by Crippen LogP contribution is -2.33. The van der Waals surface area contributed by atoms with Crippen molar-refractivity contribution in [2.45, 2.75) is 18.2 Å². The van der Waals surface area contributed by atoms with Gasteiger partial charge in [-0.25, -0.2) is 13.1 Å². The highest BCUT2D eigenvalue weighted by atomic mass is 35.5. The molecule has 2 aromatic rings. The number of sulfonamides is 1. The highest BCUT2D eigenvalue weighted by molar-refractivity contribution is 7.89. The number of benzene rings is 2. The molecule has 0 saturated heterocycles. The van der Waals surface area contributed by atoms with Crippen molar-refractivity contribution in [3.63, 3.8) is 0 Å². The summed E-state index contributed by atoms with van der Waals surface area (Å²) in [5.41, 5.74) is 1.74. The predicted molar refractivity (Wildman–Crippen MR) is 97.6 cm³/mol. The Bertz CT molecular complexity index is 851. The van der Waals surface area contributed by atoms with Crippen molar-refractivity contribution in [1.29, 1.82) is 0 Å². The molecule has 0 heterocycles. The van der Waals surface area contributed by atoms with Crippen LogP contribution in [0.15, 0.2) is 47.4 Å². The average Bonchev–Trinajstić information content (AvgIpc) is 2.61. The SMILES string of the molecule is CCc1ccc(NC(=O)CNS(=O)(=O)c2cc(Cl)ccc2OC)cc1. The number of hydrogen-bond donors (Lipinski definition) is 2. The van der Waals surface area contributed by atoms with Gasteiger partial charge in [-0.15, -0.1) is 0 Å². The average molecular weight is 383 g/mol. The van der Waals surface area contributed by atoms with Gasteiger partial charge in [0.2, 0.25) is 15.9 Å². The van der Waals surface area contributed by atoms with E-state index in [4.69, 9.17) is 16.3 Å². The van der Waals surface area contributed by atoms with E-state index < -0.39 is 22.5 Å². The van der Waals surface area contributed by atoms with Gasteiger partial charge < -0.3 is 10.1 Å². The molecule has 0 spiro atoms. The third kappa shape index (κ3) is 5.19. The zero-order valence-electron chi connectivity index (χ0n) is 13.9. The van der Waals surface area contributed by atoms with Gasteiger partial charge in [0.25, 0.3) is 0 Å². The van der Waals surface area contributed by atoms with Crippen LogP contribution < -0.4 is 14.8 Å². The van der Waals surface area contributed by atoms with Crippen LogP contribution in [0.1, 0.15) is 12.5 Å². The maximum atomic E-state index is 12.4. The molecular formula is C17H19ClN2O4S. The van der Waals surface area contributed by atoms with E-state index in [2.05, 4.69) is 10.0 Å². The maximum absolute atomic E-state index is 12.4. The molecule has 134 valence electrons. The van der Waals surface area contributed by atoms with Gasteiger partial charge in [-0.3, -0.25) is 4.79 Å². The van der Waals surface area contributed by atoms with Crippen molar-refractivity contribution in [2.24, 2.45) is 0 Å². The molecule has 0 aliphatic rings. The molecule has 2 rings (SSSR count). The fourth-order valence-electron chi connectivity index (χ4n) is 2.13. The fraction of sp³-hybridized carbons (Fsp3) is 0.235. The van der Waals surface area contributed by atoms with E-state index in [9.17, 15) is 13.2 Å². The van der Waals surface area contributed by atoms with Gasteiger partial charge in [-0.2, -0.15) is 0 Å². The van der Waals surface area contributed by atoms with Gasteiger partial charge in [-0.05, 0) is 42.3 Å². The summed E-state index contributed by atoms with van der Waals surface area (Å²) in [6, 6.07) is 11.6. The molecule has 6 nitrogen and oxygen atoms in total. The van der Waals surface area contributed by atoms with Crippen LogP contribution in [0, 0.1) is 0 Å². The maximum Gasteiger partial charge on any atom is 0.244 e.